The molecule has 0 saturated heterocycles. The van der Waals surface area contributed by atoms with E-state index in [4.69, 9.17) is 11.6 Å². The van der Waals surface area contributed by atoms with Crippen LogP contribution in [0.5, 0.6) is 11.5 Å². The maximum atomic E-state index is 9.47. The van der Waals surface area contributed by atoms with Crippen LogP contribution in [0.25, 0.3) is 0 Å². The third-order valence-corrected chi connectivity index (χ3v) is 4.40. The van der Waals surface area contributed by atoms with Gasteiger partial charge in [0.1, 0.15) is 11.5 Å². The zero-order valence-corrected chi connectivity index (χ0v) is 13.0. The molecule has 0 amide bonds. The van der Waals surface area contributed by atoms with Gasteiger partial charge in [0, 0.05) is 0 Å². The van der Waals surface area contributed by atoms with E-state index in [2.05, 4.69) is 6.92 Å². The van der Waals surface area contributed by atoms with Gasteiger partial charge in [-0.15, -0.1) is 11.6 Å². The first-order chi connectivity index (χ1) is 10.1. The van der Waals surface area contributed by atoms with Gasteiger partial charge >= 0.3 is 0 Å². The normalized spacial score (nSPS) is 11.5. The van der Waals surface area contributed by atoms with E-state index in [1.54, 1.807) is 24.3 Å². The third kappa shape index (κ3) is 3.70. The Bertz CT molecular complexity index is 515. The molecule has 3 heteroatoms. The Labute approximate surface area is 131 Å². The Morgan fingerprint density at radius 3 is 1.62 bits per heavy atom. The Balaban J connectivity index is 2.37. The predicted molar refractivity (Wildman–Crippen MR) is 87.0 cm³/mol. The minimum Gasteiger partial charge on any atom is -0.508 e. The first kappa shape index (κ1) is 15.7. The second kappa shape index (κ2) is 6.86. The summed E-state index contributed by atoms with van der Waals surface area (Å²) in [5.74, 6) is 0.467. The Morgan fingerprint density at radius 1 is 0.810 bits per heavy atom. The maximum absolute atomic E-state index is 9.47. The summed E-state index contributed by atoms with van der Waals surface area (Å²) in [6.07, 6.45) is 4.11. The van der Waals surface area contributed by atoms with E-state index in [1.807, 2.05) is 24.3 Å². The van der Waals surface area contributed by atoms with E-state index >= 15 is 0 Å². The lowest BCUT2D eigenvalue weighted by molar-refractivity contribution is 0.474. The summed E-state index contributed by atoms with van der Waals surface area (Å²) in [6.45, 7) is 2.16. The smallest absolute Gasteiger partial charge is 0.115 e. The van der Waals surface area contributed by atoms with Crippen LogP contribution >= 0.6 is 11.6 Å². The Kier molecular flexibility index (Phi) is 5.13. The number of benzene rings is 2. The third-order valence-electron chi connectivity index (χ3n) is 3.77. The first-order valence-electron chi connectivity index (χ1n) is 7.34. The molecule has 0 aliphatic carbocycles. The molecule has 2 aromatic carbocycles. The molecule has 0 fully saturated rings. The molecule has 0 atom stereocenters. The minimum atomic E-state index is -0.628. The van der Waals surface area contributed by atoms with Gasteiger partial charge in [0.25, 0.3) is 0 Å². The van der Waals surface area contributed by atoms with E-state index in [9.17, 15) is 10.2 Å². The minimum absolute atomic E-state index is 0.233. The molecular formula is C18H21ClO2. The van der Waals surface area contributed by atoms with Crippen molar-refractivity contribution in [1.82, 2.24) is 0 Å². The van der Waals surface area contributed by atoms with Gasteiger partial charge in [-0.25, -0.2) is 0 Å². The number of rotatable bonds is 6. The number of phenols is 2. The van der Waals surface area contributed by atoms with E-state index in [-0.39, 0.29) is 11.5 Å². The van der Waals surface area contributed by atoms with Crippen molar-refractivity contribution in [3.8, 4) is 11.5 Å². The fourth-order valence-corrected chi connectivity index (χ4v) is 2.91. The van der Waals surface area contributed by atoms with Crippen LogP contribution in [0.1, 0.15) is 43.7 Å². The molecule has 0 aliphatic rings. The molecule has 112 valence electrons. The van der Waals surface area contributed by atoms with Crippen molar-refractivity contribution in [3.05, 3.63) is 59.7 Å². The molecule has 2 aromatic rings. The van der Waals surface area contributed by atoms with Gasteiger partial charge < -0.3 is 10.2 Å². The maximum Gasteiger partial charge on any atom is 0.115 e. The van der Waals surface area contributed by atoms with E-state index in [0.29, 0.717) is 0 Å². The van der Waals surface area contributed by atoms with Crippen LogP contribution < -0.4 is 0 Å². The number of alkyl halides is 1. The van der Waals surface area contributed by atoms with Gasteiger partial charge in [-0.05, 0) is 41.8 Å². The fraction of sp³-hybridized carbons (Fsp3) is 0.333. The van der Waals surface area contributed by atoms with Crippen molar-refractivity contribution >= 4 is 11.6 Å². The van der Waals surface area contributed by atoms with Crippen LogP contribution in [0.4, 0.5) is 0 Å². The van der Waals surface area contributed by atoms with Crippen molar-refractivity contribution in [2.45, 2.75) is 37.5 Å². The van der Waals surface area contributed by atoms with Crippen molar-refractivity contribution in [3.63, 3.8) is 0 Å². The van der Waals surface area contributed by atoms with Gasteiger partial charge in [0.2, 0.25) is 0 Å². The van der Waals surface area contributed by atoms with Crippen LogP contribution in [0, 0.1) is 0 Å². The fourth-order valence-electron chi connectivity index (χ4n) is 2.53. The number of phenolic OH excluding ortho intramolecular Hbond substituents is 2. The standard InChI is InChI=1S/C18H21ClO2/c1-2-3-4-13-18(19,14-5-9-16(20)10-6-14)15-7-11-17(21)12-8-15/h5-12,20-21H,2-4,13H2,1H3. The predicted octanol–water partition coefficient (Wildman–Crippen LogP) is 5.16. The van der Waals surface area contributed by atoms with Gasteiger partial charge in [0.15, 0.2) is 0 Å². The molecule has 0 spiro atoms. The lowest BCUT2D eigenvalue weighted by Gasteiger charge is -2.28. The molecule has 2 rings (SSSR count). The monoisotopic (exact) mass is 304 g/mol. The van der Waals surface area contributed by atoms with Crippen molar-refractivity contribution in [2.75, 3.05) is 0 Å². The largest absolute Gasteiger partial charge is 0.508 e. The average Bonchev–Trinajstić information content (AvgIpc) is 2.48. The number of hydrogen-bond donors (Lipinski definition) is 2. The zero-order chi connectivity index (χ0) is 15.3. The highest BCUT2D eigenvalue weighted by Gasteiger charge is 2.31. The first-order valence-corrected chi connectivity index (χ1v) is 7.72. The zero-order valence-electron chi connectivity index (χ0n) is 12.2. The lowest BCUT2D eigenvalue weighted by Crippen LogP contribution is -2.20. The van der Waals surface area contributed by atoms with E-state index in [0.717, 1.165) is 36.8 Å². The van der Waals surface area contributed by atoms with E-state index < -0.39 is 4.87 Å². The van der Waals surface area contributed by atoms with Crippen molar-refractivity contribution in [2.24, 2.45) is 0 Å². The Hall–Kier alpha value is -1.67. The summed E-state index contributed by atoms with van der Waals surface area (Å²) in [5.41, 5.74) is 1.92. The average molecular weight is 305 g/mol. The number of halogens is 1. The highest BCUT2D eigenvalue weighted by Crippen LogP contribution is 2.42. The van der Waals surface area contributed by atoms with Crippen LogP contribution in [0.15, 0.2) is 48.5 Å². The molecule has 0 unspecified atom stereocenters. The van der Waals surface area contributed by atoms with Crippen LogP contribution in [0.2, 0.25) is 0 Å². The molecule has 0 aliphatic heterocycles. The van der Waals surface area contributed by atoms with Crippen LogP contribution in [0.3, 0.4) is 0 Å². The molecule has 0 heterocycles. The van der Waals surface area contributed by atoms with E-state index in [1.165, 1.54) is 0 Å². The van der Waals surface area contributed by atoms with Crippen LogP contribution in [-0.2, 0) is 4.87 Å². The lowest BCUT2D eigenvalue weighted by atomic mass is 9.85. The molecule has 0 bridgehead atoms. The molecule has 0 saturated carbocycles. The molecule has 2 nitrogen and oxygen atoms in total. The second-order valence-corrected chi connectivity index (χ2v) is 6.00. The molecule has 0 aromatic heterocycles. The summed E-state index contributed by atoms with van der Waals surface area (Å²) in [7, 11) is 0. The summed E-state index contributed by atoms with van der Waals surface area (Å²) in [6, 6.07) is 14.1. The van der Waals surface area contributed by atoms with Gasteiger partial charge in [0.05, 0.1) is 4.87 Å². The van der Waals surface area contributed by atoms with Crippen LogP contribution in [-0.4, -0.2) is 10.2 Å². The van der Waals surface area contributed by atoms with Gasteiger partial charge in [-0.2, -0.15) is 0 Å². The van der Waals surface area contributed by atoms with Crippen molar-refractivity contribution in [1.29, 1.82) is 0 Å². The topological polar surface area (TPSA) is 40.5 Å². The number of hydrogen-bond acceptors (Lipinski definition) is 2. The molecule has 0 radical (unpaired) electrons. The molecule has 2 N–H and O–H groups in total. The number of aromatic hydroxyl groups is 2. The second-order valence-electron chi connectivity index (χ2n) is 5.35. The summed E-state index contributed by atoms with van der Waals surface area (Å²) < 4.78 is 0. The highest BCUT2D eigenvalue weighted by atomic mass is 35.5. The van der Waals surface area contributed by atoms with Gasteiger partial charge in [-0.1, -0.05) is 50.5 Å². The SMILES string of the molecule is CCCCCC(Cl)(c1ccc(O)cc1)c1ccc(O)cc1. The summed E-state index contributed by atoms with van der Waals surface area (Å²) in [4.78, 5) is -0.628. The van der Waals surface area contributed by atoms with Crippen molar-refractivity contribution < 1.29 is 10.2 Å². The quantitative estimate of drug-likeness (QED) is 0.571. The number of unbranched alkanes of at least 4 members (excludes halogenated alkanes) is 2. The molecule has 21 heavy (non-hydrogen) atoms. The van der Waals surface area contributed by atoms with Gasteiger partial charge in [-0.3, -0.25) is 0 Å². The summed E-state index contributed by atoms with van der Waals surface area (Å²) in [5, 5.41) is 18.9. The molecular weight excluding hydrogens is 284 g/mol. The Morgan fingerprint density at radius 2 is 1.24 bits per heavy atom. The summed E-state index contributed by atoms with van der Waals surface area (Å²) >= 11 is 6.97. The highest BCUT2D eigenvalue weighted by molar-refractivity contribution is 6.26.